The fourth-order valence-corrected chi connectivity index (χ4v) is 0.979. The second kappa shape index (κ2) is 5.56. The molecule has 13 heavy (non-hydrogen) atoms. The van der Waals surface area contributed by atoms with Crippen LogP contribution in [0.15, 0.2) is 21.8 Å². The molecule has 0 fully saturated rings. The number of hydrogen-bond donors (Lipinski definition) is 0. The molecule has 0 radical (unpaired) electrons. The van der Waals surface area contributed by atoms with Gasteiger partial charge in [-0.25, -0.2) is 4.79 Å². The van der Waals surface area contributed by atoms with Gasteiger partial charge in [0, 0.05) is 17.1 Å². The first-order valence-electron chi connectivity index (χ1n) is 2.91. The number of furan rings is 1. The van der Waals surface area contributed by atoms with Gasteiger partial charge in [0.05, 0.1) is 12.7 Å². The minimum atomic E-state index is -2.45. The summed E-state index contributed by atoms with van der Waals surface area (Å²) in [5, 5.41) is -0.282. The maximum Gasteiger partial charge on any atom is 1.00 e. The van der Waals surface area contributed by atoms with Crippen LogP contribution in [0.4, 0.5) is 0 Å². The molecule has 1 unspecified atom stereocenters. The summed E-state index contributed by atoms with van der Waals surface area (Å²) in [4.78, 5) is 10.8. The Morgan fingerprint density at radius 3 is 2.69 bits per heavy atom. The van der Waals surface area contributed by atoms with E-state index in [2.05, 4.69) is 9.15 Å². The Morgan fingerprint density at radius 2 is 2.31 bits per heavy atom. The predicted octanol–water partition coefficient (Wildman–Crippen LogP) is -2.69. The minimum Gasteiger partial charge on any atom is -0.766 e. The third-order valence-electron chi connectivity index (χ3n) is 1.16. The smallest absolute Gasteiger partial charge is 0.766 e. The maximum atomic E-state index is 10.8. The van der Waals surface area contributed by atoms with E-state index in [1.54, 1.807) is 0 Å². The first kappa shape index (κ1) is 12.9. The van der Waals surface area contributed by atoms with Gasteiger partial charge in [-0.15, -0.1) is 0 Å². The van der Waals surface area contributed by atoms with Gasteiger partial charge in [-0.2, -0.15) is 0 Å². The second-order valence-corrected chi connectivity index (χ2v) is 2.75. The maximum absolute atomic E-state index is 10.8. The number of hydrogen-bond acceptors (Lipinski definition) is 5. The molecule has 0 spiro atoms. The van der Waals surface area contributed by atoms with Crippen LogP contribution in [0.3, 0.4) is 0 Å². The zero-order valence-electron chi connectivity index (χ0n) is 7.10. The molecular weight excluding hydrogens is 207 g/mol. The summed E-state index contributed by atoms with van der Waals surface area (Å²) < 4.78 is 29.4. The zero-order chi connectivity index (χ0) is 9.14. The van der Waals surface area contributed by atoms with Crippen LogP contribution >= 0.6 is 0 Å². The van der Waals surface area contributed by atoms with Crippen molar-refractivity contribution in [2.24, 2.45) is 0 Å². The van der Waals surface area contributed by atoms with Crippen molar-refractivity contribution in [1.29, 1.82) is 0 Å². The van der Waals surface area contributed by atoms with Gasteiger partial charge in [0.15, 0.2) is 5.09 Å². The quantitative estimate of drug-likeness (QED) is 0.303. The van der Waals surface area contributed by atoms with Gasteiger partial charge in [-0.05, 0) is 0 Å². The van der Waals surface area contributed by atoms with E-state index in [0.717, 1.165) is 12.3 Å². The molecule has 1 rings (SSSR count). The van der Waals surface area contributed by atoms with Gasteiger partial charge in [0.2, 0.25) is 0 Å². The third kappa shape index (κ3) is 3.24. The number of methoxy groups -OCH3 is 1. The SMILES string of the molecule is COC(=O)c1coc(S(=O)[O-])c1.[Na+]. The predicted molar refractivity (Wildman–Crippen MR) is 37.2 cm³/mol. The topological polar surface area (TPSA) is 79.6 Å². The molecule has 1 aromatic rings. The Balaban J connectivity index is 0.00000144. The Hall–Kier alpha value is -0.140. The molecule has 0 N–H and O–H groups in total. The Labute approximate surface area is 99.0 Å². The van der Waals surface area contributed by atoms with Gasteiger partial charge in [-0.3, -0.25) is 4.21 Å². The molecule has 7 heteroatoms. The summed E-state index contributed by atoms with van der Waals surface area (Å²) >= 11 is -2.45. The van der Waals surface area contributed by atoms with E-state index in [9.17, 15) is 13.6 Å². The number of ether oxygens (including phenoxy) is 1. The van der Waals surface area contributed by atoms with Crippen LogP contribution < -0.4 is 29.6 Å². The Bertz CT molecular complexity index is 321. The molecule has 0 aliphatic carbocycles. The summed E-state index contributed by atoms with van der Waals surface area (Å²) in [6.07, 6.45) is 1.02. The molecule has 5 nitrogen and oxygen atoms in total. The molecule has 1 heterocycles. The fourth-order valence-electron chi connectivity index (χ4n) is 0.629. The molecule has 0 saturated heterocycles. The number of carbonyl (C=O) groups is 1. The molecule has 0 aliphatic heterocycles. The molecule has 0 aromatic carbocycles. The molecular formula is C6H5NaO5S. The van der Waals surface area contributed by atoms with Crippen molar-refractivity contribution in [3.05, 3.63) is 17.9 Å². The van der Waals surface area contributed by atoms with Crippen LogP contribution in [0, 0.1) is 0 Å². The summed E-state index contributed by atoms with van der Waals surface area (Å²) in [5.41, 5.74) is 0.0803. The zero-order valence-corrected chi connectivity index (χ0v) is 9.92. The molecule has 0 aliphatic rings. The van der Waals surface area contributed by atoms with Gasteiger partial charge < -0.3 is 13.7 Å². The monoisotopic (exact) mass is 212 g/mol. The van der Waals surface area contributed by atoms with Crippen molar-refractivity contribution >= 4 is 17.0 Å². The molecule has 66 valence electrons. The van der Waals surface area contributed by atoms with E-state index in [1.807, 2.05) is 0 Å². The van der Waals surface area contributed by atoms with Crippen LogP contribution in [0.2, 0.25) is 0 Å². The van der Waals surface area contributed by atoms with Crippen LogP contribution in [0.1, 0.15) is 10.4 Å². The van der Waals surface area contributed by atoms with E-state index in [4.69, 9.17) is 0 Å². The second-order valence-electron chi connectivity index (χ2n) is 1.88. The van der Waals surface area contributed by atoms with Crippen molar-refractivity contribution in [1.82, 2.24) is 0 Å². The molecule has 0 saturated carbocycles. The summed E-state index contributed by atoms with van der Waals surface area (Å²) in [6.45, 7) is 0. The summed E-state index contributed by atoms with van der Waals surface area (Å²) in [6, 6.07) is 1.09. The largest absolute Gasteiger partial charge is 1.00 e. The number of esters is 1. The Morgan fingerprint density at radius 1 is 1.69 bits per heavy atom. The van der Waals surface area contributed by atoms with E-state index in [0.29, 0.717) is 0 Å². The fraction of sp³-hybridized carbons (Fsp3) is 0.167. The minimum absolute atomic E-state index is 0. The van der Waals surface area contributed by atoms with Gasteiger partial charge in [0.25, 0.3) is 0 Å². The Kier molecular flexibility index (Phi) is 5.50. The number of carbonyl (C=O) groups excluding carboxylic acids is 1. The van der Waals surface area contributed by atoms with Crippen molar-refractivity contribution < 1.29 is 52.3 Å². The standard InChI is InChI=1S/C6H6O5S.Na/c1-10-6(7)4-2-5(11-3-4)12(8)9;/h2-3H,1H3,(H,8,9);/q;+1/p-1. The van der Waals surface area contributed by atoms with E-state index < -0.39 is 17.0 Å². The average Bonchev–Trinajstić information content (AvgIpc) is 2.51. The van der Waals surface area contributed by atoms with Crippen LogP contribution in [-0.4, -0.2) is 21.8 Å². The van der Waals surface area contributed by atoms with Crippen molar-refractivity contribution in [2.45, 2.75) is 5.09 Å². The van der Waals surface area contributed by atoms with Crippen LogP contribution in [-0.2, 0) is 15.8 Å². The van der Waals surface area contributed by atoms with Gasteiger partial charge >= 0.3 is 35.5 Å². The summed E-state index contributed by atoms with van der Waals surface area (Å²) in [7, 11) is 1.20. The summed E-state index contributed by atoms with van der Waals surface area (Å²) in [5.74, 6) is -0.629. The van der Waals surface area contributed by atoms with E-state index in [-0.39, 0.29) is 40.2 Å². The van der Waals surface area contributed by atoms with Gasteiger partial charge in [-0.1, -0.05) is 0 Å². The first-order chi connectivity index (χ1) is 5.65. The van der Waals surface area contributed by atoms with E-state index in [1.165, 1.54) is 7.11 Å². The average molecular weight is 212 g/mol. The van der Waals surface area contributed by atoms with Crippen molar-refractivity contribution in [2.75, 3.05) is 7.11 Å². The number of rotatable bonds is 2. The van der Waals surface area contributed by atoms with Gasteiger partial charge in [0.1, 0.15) is 6.26 Å². The van der Waals surface area contributed by atoms with Crippen molar-refractivity contribution in [3.8, 4) is 0 Å². The molecule has 0 amide bonds. The van der Waals surface area contributed by atoms with E-state index >= 15 is 0 Å². The molecule has 1 aromatic heterocycles. The third-order valence-corrected chi connectivity index (χ3v) is 1.70. The first-order valence-corrected chi connectivity index (χ1v) is 3.98. The normalized spacial score (nSPS) is 11.5. The molecule has 0 bridgehead atoms. The van der Waals surface area contributed by atoms with Crippen LogP contribution in [0.25, 0.3) is 0 Å². The molecule has 1 atom stereocenters. The van der Waals surface area contributed by atoms with Crippen molar-refractivity contribution in [3.63, 3.8) is 0 Å². The van der Waals surface area contributed by atoms with Crippen LogP contribution in [0.5, 0.6) is 0 Å².